The highest BCUT2D eigenvalue weighted by Crippen LogP contribution is 2.26. The van der Waals surface area contributed by atoms with Crippen LogP contribution in [-0.4, -0.2) is 66.9 Å². The topological polar surface area (TPSA) is 76.2 Å². The third kappa shape index (κ3) is 8.80. The number of halogens is 1. The lowest BCUT2D eigenvalue weighted by molar-refractivity contribution is -0.145. The van der Waals surface area contributed by atoms with Gasteiger partial charge in [-0.1, -0.05) is 30.3 Å². The molecule has 0 N–H and O–H groups in total. The van der Waals surface area contributed by atoms with Crippen LogP contribution in [0.5, 0.6) is 5.75 Å². The maximum Gasteiger partial charge on any atom is 0.344 e. The summed E-state index contributed by atoms with van der Waals surface area (Å²) in [6, 6.07) is 14.1. The van der Waals surface area contributed by atoms with E-state index < -0.39 is 0 Å². The zero-order valence-electron chi connectivity index (χ0n) is 23.2. The van der Waals surface area contributed by atoms with Gasteiger partial charge in [0.05, 0.1) is 6.61 Å². The molecule has 39 heavy (non-hydrogen) atoms. The van der Waals surface area contributed by atoms with Gasteiger partial charge in [0.15, 0.2) is 12.4 Å². The number of rotatable bonds is 10. The summed E-state index contributed by atoms with van der Waals surface area (Å²) in [5.41, 5.74) is 4.44. The van der Waals surface area contributed by atoms with Crippen LogP contribution >= 0.6 is 12.4 Å². The van der Waals surface area contributed by atoms with E-state index in [0.29, 0.717) is 24.7 Å². The normalized spacial score (nSPS) is 16.0. The van der Waals surface area contributed by atoms with Gasteiger partial charge in [0.1, 0.15) is 5.75 Å². The van der Waals surface area contributed by atoms with E-state index in [9.17, 15) is 14.4 Å². The predicted octanol–water partition coefficient (Wildman–Crippen LogP) is 4.87. The zero-order valence-corrected chi connectivity index (χ0v) is 24.0. The Bertz CT molecular complexity index is 1130. The molecule has 0 unspecified atom stereocenters. The Morgan fingerprint density at radius 1 is 0.949 bits per heavy atom. The lowest BCUT2D eigenvalue weighted by Gasteiger charge is -2.31. The number of benzene rings is 2. The number of Topliss-reactive ketones (excluding diaryl/α,β-unsaturated/α-hetero) is 1. The SMILES string of the molecule is CCOC(=O)COc1ccccc1CN1CCc2ccc(C(=O)CCC3CCN(C(C)=O)CC3)cc2CC1.Cl. The van der Waals surface area contributed by atoms with E-state index in [1.165, 1.54) is 11.1 Å². The first-order valence-electron chi connectivity index (χ1n) is 13.9. The quantitative estimate of drug-likeness (QED) is 0.307. The second-order valence-corrected chi connectivity index (χ2v) is 10.4. The highest BCUT2D eigenvalue weighted by atomic mass is 35.5. The first kappa shape index (κ1) is 30.6. The number of esters is 1. The number of ether oxygens (including phenoxy) is 2. The standard InChI is InChI=1S/C31H40N2O5.ClH/c1-3-37-31(36)22-38-30-7-5-4-6-28(30)21-32-16-14-25-9-10-27(20-26(25)15-17-32)29(35)11-8-24-12-18-33(19-13-24)23(2)34;/h4-7,9-10,20,24H,3,8,11-19,21-22H2,1-2H3;1H. The van der Waals surface area contributed by atoms with E-state index in [1.807, 2.05) is 35.2 Å². The average Bonchev–Trinajstić information content (AvgIpc) is 3.13. The Kier molecular flexibility index (Phi) is 11.8. The lowest BCUT2D eigenvalue weighted by atomic mass is 9.89. The molecule has 4 rings (SSSR count). The molecule has 0 atom stereocenters. The monoisotopic (exact) mass is 556 g/mol. The second-order valence-electron chi connectivity index (χ2n) is 10.4. The van der Waals surface area contributed by atoms with Crippen LogP contribution in [0.1, 0.15) is 66.6 Å². The van der Waals surface area contributed by atoms with Gasteiger partial charge in [-0.05, 0) is 68.2 Å². The number of hydrogen-bond acceptors (Lipinski definition) is 6. The van der Waals surface area contributed by atoms with Crippen LogP contribution in [0.4, 0.5) is 0 Å². The molecule has 1 fully saturated rings. The number of ketones is 1. The summed E-state index contributed by atoms with van der Waals surface area (Å²) < 4.78 is 10.7. The predicted molar refractivity (Wildman–Crippen MR) is 153 cm³/mol. The van der Waals surface area contributed by atoms with Crippen LogP contribution in [0.2, 0.25) is 0 Å². The van der Waals surface area contributed by atoms with Gasteiger partial charge in [-0.25, -0.2) is 4.79 Å². The molecular weight excluding hydrogens is 516 g/mol. The molecule has 1 saturated heterocycles. The van der Waals surface area contributed by atoms with Gasteiger partial charge in [0, 0.05) is 57.2 Å². The fraction of sp³-hybridized carbons (Fsp3) is 0.516. The number of fused-ring (bicyclic) bond motifs is 1. The molecular formula is C31H41ClN2O5. The van der Waals surface area contributed by atoms with Crippen molar-refractivity contribution in [1.29, 1.82) is 0 Å². The third-order valence-corrected chi connectivity index (χ3v) is 7.78. The van der Waals surface area contributed by atoms with Crippen molar-refractivity contribution in [2.45, 2.75) is 58.9 Å². The summed E-state index contributed by atoms with van der Waals surface area (Å²) in [6.45, 7) is 7.83. The zero-order chi connectivity index (χ0) is 26.9. The van der Waals surface area contributed by atoms with E-state index in [-0.39, 0.29) is 36.7 Å². The van der Waals surface area contributed by atoms with Crippen LogP contribution in [0.15, 0.2) is 42.5 Å². The van der Waals surface area contributed by atoms with Crippen LogP contribution in [0.25, 0.3) is 0 Å². The minimum absolute atomic E-state index is 0. The van der Waals surface area contributed by atoms with Gasteiger partial charge < -0.3 is 14.4 Å². The Morgan fingerprint density at radius 3 is 2.38 bits per heavy atom. The average molecular weight is 557 g/mol. The van der Waals surface area contributed by atoms with Crippen molar-refractivity contribution in [2.24, 2.45) is 5.92 Å². The number of piperidine rings is 1. The van der Waals surface area contributed by atoms with Crippen molar-refractivity contribution in [3.63, 3.8) is 0 Å². The van der Waals surface area contributed by atoms with Crippen molar-refractivity contribution in [1.82, 2.24) is 9.80 Å². The Labute approximate surface area is 238 Å². The summed E-state index contributed by atoms with van der Waals surface area (Å²) in [4.78, 5) is 40.6. The van der Waals surface area contributed by atoms with Gasteiger partial charge in [0.25, 0.3) is 0 Å². The minimum Gasteiger partial charge on any atom is -0.482 e. The van der Waals surface area contributed by atoms with Crippen molar-refractivity contribution in [3.8, 4) is 5.75 Å². The molecule has 2 aliphatic rings. The molecule has 2 aliphatic heterocycles. The summed E-state index contributed by atoms with van der Waals surface area (Å²) in [5.74, 6) is 1.23. The minimum atomic E-state index is -0.365. The number of carbonyl (C=O) groups excluding carboxylic acids is 3. The van der Waals surface area contributed by atoms with E-state index in [2.05, 4.69) is 17.0 Å². The number of likely N-dealkylation sites (tertiary alicyclic amines) is 1. The van der Waals surface area contributed by atoms with Gasteiger partial charge in [-0.2, -0.15) is 0 Å². The molecule has 0 spiro atoms. The maximum absolute atomic E-state index is 13.0. The first-order valence-corrected chi connectivity index (χ1v) is 13.9. The van der Waals surface area contributed by atoms with Crippen molar-refractivity contribution >= 4 is 30.1 Å². The Morgan fingerprint density at radius 2 is 1.67 bits per heavy atom. The Hall–Kier alpha value is -2.90. The molecule has 0 aliphatic carbocycles. The highest BCUT2D eigenvalue weighted by molar-refractivity contribution is 5.96. The second kappa shape index (κ2) is 15.0. The van der Waals surface area contributed by atoms with Gasteiger partial charge in [0.2, 0.25) is 5.91 Å². The molecule has 2 aromatic rings. The van der Waals surface area contributed by atoms with Crippen LogP contribution in [0, 0.1) is 5.92 Å². The molecule has 0 bridgehead atoms. The van der Waals surface area contributed by atoms with Crippen molar-refractivity contribution in [3.05, 3.63) is 64.7 Å². The first-order chi connectivity index (χ1) is 18.4. The molecule has 0 aromatic heterocycles. The highest BCUT2D eigenvalue weighted by Gasteiger charge is 2.22. The van der Waals surface area contributed by atoms with Gasteiger partial charge in [-0.15, -0.1) is 12.4 Å². The van der Waals surface area contributed by atoms with E-state index in [0.717, 1.165) is 76.0 Å². The number of amides is 1. The lowest BCUT2D eigenvalue weighted by Crippen LogP contribution is -2.37. The number of carbonyl (C=O) groups is 3. The number of nitrogens with zero attached hydrogens (tertiary/aromatic N) is 2. The van der Waals surface area contributed by atoms with Crippen molar-refractivity contribution < 1.29 is 23.9 Å². The molecule has 0 saturated carbocycles. The molecule has 0 radical (unpaired) electrons. The van der Waals surface area contributed by atoms with Gasteiger partial charge in [-0.3, -0.25) is 14.5 Å². The molecule has 2 heterocycles. The molecule has 2 aromatic carbocycles. The Balaban J connectivity index is 0.00000420. The number of hydrogen-bond donors (Lipinski definition) is 0. The van der Waals surface area contributed by atoms with Gasteiger partial charge >= 0.3 is 5.97 Å². The van der Waals surface area contributed by atoms with Crippen LogP contribution < -0.4 is 4.74 Å². The smallest absolute Gasteiger partial charge is 0.344 e. The maximum atomic E-state index is 13.0. The molecule has 8 heteroatoms. The van der Waals surface area contributed by atoms with Crippen LogP contribution in [0.3, 0.4) is 0 Å². The van der Waals surface area contributed by atoms with Crippen LogP contribution in [-0.2, 0) is 33.7 Å². The van der Waals surface area contributed by atoms with E-state index >= 15 is 0 Å². The van der Waals surface area contributed by atoms with Crippen molar-refractivity contribution in [2.75, 3.05) is 39.4 Å². The van der Waals surface area contributed by atoms with E-state index in [1.54, 1.807) is 13.8 Å². The fourth-order valence-corrected chi connectivity index (χ4v) is 5.47. The summed E-state index contributed by atoms with van der Waals surface area (Å²) in [5, 5.41) is 0. The third-order valence-electron chi connectivity index (χ3n) is 7.78. The summed E-state index contributed by atoms with van der Waals surface area (Å²) >= 11 is 0. The summed E-state index contributed by atoms with van der Waals surface area (Å²) in [6.07, 6.45) is 5.27. The molecule has 212 valence electrons. The molecule has 1 amide bonds. The molecule has 7 nitrogen and oxygen atoms in total. The van der Waals surface area contributed by atoms with E-state index in [4.69, 9.17) is 9.47 Å². The fourth-order valence-electron chi connectivity index (χ4n) is 5.47. The summed E-state index contributed by atoms with van der Waals surface area (Å²) in [7, 11) is 0. The number of para-hydroxylation sites is 1. The largest absolute Gasteiger partial charge is 0.482 e.